The molecule has 18 heavy (non-hydrogen) atoms. The van der Waals surface area contributed by atoms with Crippen LogP contribution < -0.4 is 10.5 Å². The van der Waals surface area contributed by atoms with Gasteiger partial charge in [-0.05, 0) is 36.3 Å². The van der Waals surface area contributed by atoms with E-state index in [2.05, 4.69) is 18.6 Å². The second kappa shape index (κ2) is 4.68. The molecule has 5 nitrogen and oxygen atoms in total. The Bertz CT molecular complexity index is 515. The zero-order valence-corrected chi connectivity index (χ0v) is 11.6. The van der Waals surface area contributed by atoms with E-state index in [-0.39, 0.29) is 17.1 Å². The molecule has 0 amide bonds. The quantitative estimate of drug-likeness (QED) is 0.821. The summed E-state index contributed by atoms with van der Waals surface area (Å²) in [6, 6.07) is 3.03. The van der Waals surface area contributed by atoms with Crippen LogP contribution in [0.25, 0.3) is 0 Å². The molecule has 6 heteroatoms. The first-order chi connectivity index (χ1) is 8.39. The van der Waals surface area contributed by atoms with Crippen molar-refractivity contribution >= 4 is 10.0 Å². The second-order valence-electron chi connectivity index (χ2n) is 5.27. The van der Waals surface area contributed by atoms with Crippen LogP contribution in [0.5, 0.6) is 0 Å². The van der Waals surface area contributed by atoms with Crippen molar-refractivity contribution in [1.29, 1.82) is 0 Å². The van der Waals surface area contributed by atoms with Crippen molar-refractivity contribution in [1.82, 2.24) is 4.72 Å². The first kappa shape index (κ1) is 13.6. The molecule has 1 aliphatic rings. The molecule has 2 rings (SSSR count). The maximum Gasteiger partial charge on any atom is 0.273 e. The van der Waals surface area contributed by atoms with Gasteiger partial charge in [0.05, 0.1) is 6.54 Å². The fourth-order valence-corrected chi connectivity index (χ4v) is 3.12. The average molecular weight is 272 g/mol. The first-order valence-electron chi connectivity index (χ1n) is 6.18. The summed E-state index contributed by atoms with van der Waals surface area (Å²) < 4.78 is 31.8. The summed E-state index contributed by atoms with van der Waals surface area (Å²) >= 11 is 0. The summed E-state index contributed by atoms with van der Waals surface area (Å²) in [5, 5.41) is -0.0532. The molecule has 0 unspecified atom stereocenters. The monoisotopic (exact) mass is 272 g/mol. The van der Waals surface area contributed by atoms with E-state index in [0.29, 0.717) is 18.2 Å². The largest absolute Gasteiger partial charge is 0.447 e. The Hall–Kier alpha value is -0.850. The highest BCUT2D eigenvalue weighted by molar-refractivity contribution is 7.89. The molecule has 102 valence electrons. The minimum Gasteiger partial charge on any atom is -0.447 e. The van der Waals surface area contributed by atoms with Gasteiger partial charge < -0.3 is 10.2 Å². The van der Waals surface area contributed by atoms with Crippen molar-refractivity contribution in [2.24, 2.45) is 17.1 Å². The van der Waals surface area contributed by atoms with Crippen molar-refractivity contribution in [3.05, 3.63) is 17.9 Å². The fraction of sp³-hybridized carbons (Fsp3) is 0.667. The highest BCUT2D eigenvalue weighted by Gasteiger charge is 2.45. The van der Waals surface area contributed by atoms with Crippen LogP contribution >= 0.6 is 0 Å². The molecule has 0 aromatic carbocycles. The Labute approximate surface area is 108 Å². The highest BCUT2D eigenvalue weighted by Crippen LogP contribution is 2.51. The molecular formula is C12H20N2O3S. The van der Waals surface area contributed by atoms with Crippen LogP contribution in [0.3, 0.4) is 0 Å². The van der Waals surface area contributed by atoms with Crippen molar-refractivity contribution in [2.45, 2.75) is 38.3 Å². The maximum atomic E-state index is 12.0. The smallest absolute Gasteiger partial charge is 0.273 e. The molecular weight excluding hydrogens is 252 g/mol. The van der Waals surface area contributed by atoms with Crippen molar-refractivity contribution in [3.8, 4) is 0 Å². The van der Waals surface area contributed by atoms with Crippen molar-refractivity contribution in [2.75, 3.05) is 6.54 Å². The molecule has 1 saturated carbocycles. The van der Waals surface area contributed by atoms with Gasteiger partial charge in [0.2, 0.25) is 5.09 Å². The Morgan fingerprint density at radius 2 is 2.11 bits per heavy atom. The fourth-order valence-electron chi connectivity index (χ4n) is 2.04. The van der Waals surface area contributed by atoms with Gasteiger partial charge in [-0.3, -0.25) is 0 Å². The van der Waals surface area contributed by atoms with E-state index in [4.69, 9.17) is 10.2 Å². The Balaban J connectivity index is 2.04. The first-order valence-corrected chi connectivity index (χ1v) is 7.66. The molecule has 0 aliphatic heterocycles. The van der Waals surface area contributed by atoms with Gasteiger partial charge in [0.15, 0.2) is 0 Å². The lowest BCUT2D eigenvalue weighted by molar-refractivity contribution is 0.353. The van der Waals surface area contributed by atoms with E-state index in [1.807, 2.05) is 0 Å². The normalized spacial score (nSPS) is 18.2. The zero-order valence-electron chi connectivity index (χ0n) is 10.8. The number of nitrogens with one attached hydrogen (secondary N) is 1. The van der Waals surface area contributed by atoms with E-state index in [1.54, 1.807) is 6.07 Å². The Morgan fingerprint density at radius 3 is 2.56 bits per heavy atom. The molecule has 1 aromatic heterocycles. The average Bonchev–Trinajstić information content (AvgIpc) is 2.96. The lowest BCUT2D eigenvalue weighted by atomic mass is 9.93. The van der Waals surface area contributed by atoms with Gasteiger partial charge in [0, 0.05) is 6.54 Å². The summed E-state index contributed by atoms with van der Waals surface area (Å²) in [7, 11) is -3.55. The van der Waals surface area contributed by atoms with Gasteiger partial charge in [-0.25, -0.2) is 13.1 Å². The van der Waals surface area contributed by atoms with Gasteiger partial charge in [-0.1, -0.05) is 13.8 Å². The number of nitrogens with two attached hydrogens (primary N) is 1. The minimum atomic E-state index is -3.55. The van der Waals surface area contributed by atoms with Crippen LogP contribution in [0, 0.1) is 11.3 Å². The lowest BCUT2D eigenvalue weighted by Gasteiger charge is -2.19. The van der Waals surface area contributed by atoms with Crippen LogP contribution in [-0.4, -0.2) is 15.0 Å². The molecule has 1 fully saturated rings. The predicted octanol–water partition coefficient (Wildman–Crippen LogP) is 1.45. The van der Waals surface area contributed by atoms with E-state index in [1.165, 1.54) is 6.07 Å². The molecule has 1 aliphatic carbocycles. The standard InChI is InChI=1S/C12H20N2O3S/c1-9(2)12(5-6-12)8-14-18(15,16)11-4-3-10(7-13)17-11/h3-4,9,14H,5-8,13H2,1-2H3. The SMILES string of the molecule is CC(C)C1(CNS(=O)(=O)c2ccc(CN)o2)CC1. The molecule has 0 atom stereocenters. The van der Waals surface area contributed by atoms with Crippen LogP contribution in [0.15, 0.2) is 21.6 Å². The van der Waals surface area contributed by atoms with Crippen molar-refractivity contribution in [3.63, 3.8) is 0 Å². The van der Waals surface area contributed by atoms with Gasteiger partial charge in [0.25, 0.3) is 10.0 Å². The number of furan rings is 1. The van der Waals surface area contributed by atoms with Crippen LogP contribution in [0.4, 0.5) is 0 Å². The number of sulfonamides is 1. The van der Waals surface area contributed by atoms with Gasteiger partial charge in [-0.2, -0.15) is 0 Å². The summed E-state index contributed by atoms with van der Waals surface area (Å²) in [5.74, 6) is 0.955. The third-order valence-corrected chi connectivity index (χ3v) is 5.11. The predicted molar refractivity (Wildman–Crippen MR) is 68.3 cm³/mol. The molecule has 1 heterocycles. The summed E-state index contributed by atoms with van der Waals surface area (Å²) in [5.41, 5.74) is 5.53. The summed E-state index contributed by atoms with van der Waals surface area (Å²) in [6.45, 7) is 4.93. The third kappa shape index (κ3) is 2.60. The number of hydrogen-bond donors (Lipinski definition) is 2. The molecule has 3 N–H and O–H groups in total. The number of rotatable bonds is 6. The van der Waals surface area contributed by atoms with Crippen molar-refractivity contribution < 1.29 is 12.8 Å². The molecule has 0 bridgehead atoms. The Kier molecular flexibility index (Phi) is 3.53. The Morgan fingerprint density at radius 1 is 1.44 bits per heavy atom. The van der Waals surface area contributed by atoms with E-state index in [0.717, 1.165) is 12.8 Å². The molecule has 0 spiro atoms. The topological polar surface area (TPSA) is 85.3 Å². The lowest BCUT2D eigenvalue weighted by Crippen LogP contribution is -2.32. The molecule has 0 radical (unpaired) electrons. The highest BCUT2D eigenvalue weighted by atomic mass is 32.2. The number of hydrogen-bond acceptors (Lipinski definition) is 4. The minimum absolute atomic E-state index is 0.0532. The van der Waals surface area contributed by atoms with E-state index >= 15 is 0 Å². The summed E-state index contributed by atoms with van der Waals surface area (Å²) in [6.07, 6.45) is 2.17. The van der Waals surface area contributed by atoms with Crippen LogP contribution in [0.2, 0.25) is 0 Å². The molecule has 0 saturated heterocycles. The third-order valence-electron chi connectivity index (χ3n) is 3.83. The summed E-state index contributed by atoms with van der Waals surface area (Å²) in [4.78, 5) is 0. The molecule has 1 aromatic rings. The maximum absolute atomic E-state index is 12.0. The van der Waals surface area contributed by atoms with Gasteiger partial charge in [-0.15, -0.1) is 0 Å². The van der Waals surface area contributed by atoms with E-state index < -0.39 is 10.0 Å². The van der Waals surface area contributed by atoms with Crippen LogP contribution in [-0.2, 0) is 16.6 Å². The van der Waals surface area contributed by atoms with Gasteiger partial charge >= 0.3 is 0 Å². The van der Waals surface area contributed by atoms with Gasteiger partial charge in [0.1, 0.15) is 5.76 Å². The van der Waals surface area contributed by atoms with Crippen LogP contribution in [0.1, 0.15) is 32.4 Å². The second-order valence-corrected chi connectivity index (χ2v) is 6.96. The van der Waals surface area contributed by atoms with E-state index in [9.17, 15) is 8.42 Å². The zero-order chi connectivity index (χ0) is 13.4.